The van der Waals surface area contributed by atoms with Gasteiger partial charge in [-0.25, -0.2) is 0 Å². The van der Waals surface area contributed by atoms with Crippen molar-refractivity contribution >= 4 is 11.8 Å². The molecule has 1 atom stereocenters. The molecule has 3 aromatic rings. The van der Waals surface area contributed by atoms with Crippen LogP contribution >= 0.6 is 0 Å². The Morgan fingerprint density at radius 2 is 1.53 bits per heavy atom. The third kappa shape index (κ3) is 6.43. The number of ether oxygens (including phenoxy) is 2. The van der Waals surface area contributed by atoms with Crippen LogP contribution in [0, 0.1) is 0 Å². The first-order valence-corrected chi connectivity index (χ1v) is 10.4. The molecule has 0 aromatic heterocycles. The zero-order valence-electron chi connectivity index (χ0n) is 18.2. The third-order valence-electron chi connectivity index (χ3n) is 5.06. The second kappa shape index (κ2) is 11.1. The maximum absolute atomic E-state index is 13.0. The predicted octanol–water partition coefficient (Wildman–Crippen LogP) is 4.45. The minimum atomic E-state index is -0.867. The zero-order valence-corrected chi connectivity index (χ0v) is 18.2. The Morgan fingerprint density at radius 1 is 0.906 bits per heavy atom. The first kappa shape index (κ1) is 23.0. The molecule has 32 heavy (non-hydrogen) atoms. The van der Waals surface area contributed by atoms with Crippen LogP contribution in [0.15, 0.2) is 78.9 Å². The Bertz CT molecular complexity index is 1050. The first-order chi connectivity index (χ1) is 15.5. The smallest absolute Gasteiger partial charge is 0.317 e. The highest BCUT2D eigenvalue weighted by atomic mass is 16.5. The molecule has 1 unspecified atom stereocenters. The van der Waals surface area contributed by atoms with E-state index in [1.54, 1.807) is 61.5 Å². The van der Waals surface area contributed by atoms with Crippen molar-refractivity contribution in [3.05, 3.63) is 95.6 Å². The van der Waals surface area contributed by atoms with E-state index >= 15 is 0 Å². The molecule has 0 aliphatic rings. The van der Waals surface area contributed by atoms with Gasteiger partial charge in [-0.15, -0.1) is 0 Å². The lowest BCUT2D eigenvalue weighted by Crippen LogP contribution is -2.28. The topological polar surface area (TPSA) is 76.1 Å². The number of ketones is 1. The van der Waals surface area contributed by atoms with Gasteiger partial charge in [0.05, 0.1) is 13.7 Å². The van der Waals surface area contributed by atoms with Crippen LogP contribution < -0.4 is 9.47 Å². The number of carboxylic acids is 1. The van der Waals surface area contributed by atoms with E-state index in [1.807, 2.05) is 36.4 Å². The maximum atomic E-state index is 13.0. The number of carbonyl (C=O) groups is 2. The summed E-state index contributed by atoms with van der Waals surface area (Å²) >= 11 is 0. The van der Waals surface area contributed by atoms with Crippen LogP contribution in [0.3, 0.4) is 0 Å². The Hall–Kier alpha value is -3.64. The van der Waals surface area contributed by atoms with Crippen molar-refractivity contribution in [1.82, 2.24) is 4.90 Å². The lowest BCUT2D eigenvalue weighted by molar-refractivity contribution is -0.138. The summed E-state index contributed by atoms with van der Waals surface area (Å²) in [5.41, 5.74) is 2.04. The molecular weight excluding hydrogens is 406 g/mol. The standard InChI is InChI=1S/C26H27NO5/c1-27(18-25(28)29)15-14-24(19-8-4-3-5-9-19)32-23-13-7-11-21(17-23)26(30)20-10-6-12-22(16-20)31-2/h3-13,16-17,24H,14-15,18H2,1-2H3,(H,28,29). The summed E-state index contributed by atoms with van der Waals surface area (Å²) < 4.78 is 11.5. The highest BCUT2D eigenvalue weighted by molar-refractivity contribution is 6.09. The summed E-state index contributed by atoms with van der Waals surface area (Å²) in [6.45, 7) is 0.514. The number of benzene rings is 3. The fraction of sp³-hybridized carbons (Fsp3) is 0.231. The highest BCUT2D eigenvalue weighted by Gasteiger charge is 2.17. The minimum absolute atomic E-state index is 0.0357. The number of carbonyl (C=O) groups excluding carboxylic acids is 1. The molecule has 1 N–H and O–H groups in total. The quantitative estimate of drug-likeness (QED) is 0.450. The van der Waals surface area contributed by atoms with Crippen molar-refractivity contribution in [2.75, 3.05) is 27.2 Å². The molecule has 0 saturated carbocycles. The number of nitrogens with zero attached hydrogens (tertiary/aromatic N) is 1. The number of hydrogen-bond acceptors (Lipinski definition) is 5. The van der Waals surface area contributed by atoms with E-state index in [0.717, 1.165) is 5.56 Å². The van der Waals surface area contributed by atoms with Crippen molar-refractivity contribution in [1.29, 1.82) is 0 Å². The lowest BCUT2D eigenvalue weighted by Gasteiger charge is -2.23. The highest BCUT2D eigenvalue weighted by Crippen LogP contribution is 2.27. The van der Waals surface area contributed by atoms with Gasteiger partial charge in [0, 0.05) is 24.1 Å². The van der Waals surface area contributed by atoms with Crippen LogP contribution in [0.5, 0.6) is 11.5 Å². The molecule has 0 saturated heterocycles. The van der Waals surface area contributed by atoms with E-state index in [2.05, 4.69) is 0 Å². The van der Waals surface area contributed by atoms with E-state index in [9.17, 15) is 9.59 Å². The predicted molar refractivity (Wildman–Crippen MR) is 122 cm³/mol. The van der Waals surface area contributed by atoms with Crippen molar-refractivity contribution in [2.45, 2.75) is 12.5 Å². The molecule has 0 fully saturated rings. The first-order valence-electron chi connectivity index (χ1n) is 10.4. The summed E-state index contributed by atoms with van der Waals surface area (Å²) in [6, 6.07) is 23.9. The molecule has 0 heterocycles. The van der Waals surface area contributed by atoms with E-state index in [4.69, 9.17) is 14.6 Å². The molecule has 6 heteroatoms. The van der Waals surface area contributed by atoms with Crippen molar-refractivity contribution in [2.24, 2.45) is 0 Å². The Kier molecular flexibility index (Phi) is 8.00. The molecule has 0 spiro atoms. The van der Waals surface area contributed by atoms with Gasteiger partial charge in [-0.1, -0.05) is 54.6 Å². The average molecular weight is 434 g/mol. The number of hydrogen-bond donors (Lipinski definition) is 1. The summed E-state index contributed by atoms with van der Waals surface area (Å²) in [5, 5.41) is 9.00. The van der Waals surface area contributed by atoms with Crippen LogP contribution in [0.4, 0.5) is 0 Å². The van der Waals surface area contributed by atoms with Gasteiger partial charge in [-0.2, -0.15) is 0 Å². The molecular formula is C26H27NO5. The maximum Gasteiger partial charge on any atom is 0.317 e. The van der Waals surface area contributed by atoms with Crippen LogP contribution in [0.1, 0.15) is 34.0 Å². The van der Waals surface area contributed by atoms with E-state index in [0.29, 0.717) is 35.6 Å². The largest absolute Gasteiger partial charge is 0.497 e. The van der Waals surface area contributed by atoms with Crippen LogP contribution in [-0.4, -0.2) is 49.0 Å². The normalized spacial score (nSPS) is 11.7. The number of aliphatic carboxylic acids is 1. The van der Waals surface area contributed by atoms with E-state index in [1.165, 1.54) is 0 Å². The summed E-state index contributed by atoms with van der Waals surface area (Å²) in [4.78, 5) is 25.7. The Morgan fingerprint density at radius 3 is 2.16 bits per heavy atom. The molecule has 3 aromatic carbocycles. The van der Waals surface area contributed by atoms with Gasteiger partial charge in [0.15, 0.2) is 5.78 Å². The van der Waals surface area contributed by atoms with Gasteiger partial charge in [0.2, 0.25) is 0 Å². The average Bonchev–Trinajstić information content (AvgIpc) is 2.81. The van der Waals surface area contributed by atoms with Crippen LogP contribution in [0.25, 0.3) is 0 Å². The molecule has 3 rings (SSSR count). The molecule has 6 nitrogen and oxygen atoms in total. The fourth-order valence-corrected chi connectivity index (χ4v) is 3.41. The summed E-state index contributed by atoms with van der Waals surface area (Å²) in [7, 11) is 3.33. The number of likely N-dealkylation sites (N-methyl/N-ethyl adjacent to an activating group) is 1. The summed E-state index contributed by atoms with van der Waals surface area (Å²) in [6.07, 6.45) is 0.316. The minimum Gasteiger partial charge on any atom is -0.497 e. The Balaban J connectivity index is 1.78. The monoisotopic (exact) mass is 433 g/mol. The van der Waals surface area contributed by atoms with Gasteiger partial charge < -0.3 is 14.6 Å². The number of methoxy groups -OCH3 is 1. The zero-order chi connectivity index (χ0) is 22.9. The van der Waals surface area contributed by atoms with Gasteiger partial charge >= 0.3 is 5.97 Å². The lowest BCUT2D eigenvalue weighted by atomic mass is 10.0. The second-order valence-corrected chi connectivity index (χ2v) is 7.53. The van der Waals surface area contributed by atoms with Crippen LogP contribution in [-0.2, 0) is 4.79 Å². The molecule has 0 radical (unpaired) electrons. The van der Waals surface area contributed by atoms with Crippen molar-refractivity contribution < 1.29 is 24.2 Å². The molecule has 0 aliphatic heterocycles. The second-order valence-electron chi connectivity index (χ2n) is 7.53. The van der Waals surface area contributed by atoms with Crippen molar-refractivity contribution in [3.8, 4) is 11.5 Å². The van der Waals surface area contributed by atoms with Crippen LogP contribution in [0.2, 0.25) is 0 Å². The molecule has 0 aliphatic carbocycles. The van der Waals surface area contributed by atoms with Gasteiger partial charge in [0.1, 0.15) is 17.6 Å². The number of carboxylic acid groups (broad SMARTS) is 1. The summed E-state index contributed by atoms with van der Waals surface area (Å²) in [5.74, 6) is 0.214. The van der Waals surface area contributed by atoms with Gasteiger partial charge in [0.25, 0.3) is 0 Å². The number of rotatable bonds is 11. The van der Waals surface area contributed by atoms with Gasteiger partial charge in [-0.3, -0.25) is 14.5 Å². The van der Waals surface area contributed by atoms with Gasteiger partial charge in [-0.05, 0) is 36.9 Å². The molecule has 0 bridgehead atoms. The SMILES string of the molecule is COc1cccc(C(=O)c2cccc(OC(CCN(C)CC(=O)O)c3ccccc3)c2)c1. The third-order valence-corrected chi connectivity index (χ3v) is 5.06. The molecule has 166 valence electrons. The van der Waals surface area contributed by atoms with E-state index in [-0.39, 0.29) is 18.4 Å². The van der Waals surface area contributed by atoms with Crippen molar-refractivity contribution in [3.63, 3.8) is 0 Å². The van der Waals surface area contributed by atoms with E-state index < -0.39 is 5.97 Å². The fourth-order valence-electron chi connectivity index (χ4n) is 3.41. The molecule has 0 amide bonds. The Labute approximate surface area is 188 Å².